The number of carbonyl (C=O) groups excluding carboxylic acids is 1. The highest BCUT2D eigenvalue weighted by Gasteiger charge is 2.22. The van der Waals surface area contributed by atoms with Crippen molar-refractivity contribution in [2.75, 3.05) is 18.5 Å². The molecule has 0 aliphatic rings. The molecule has 0 fully saturated rings. The maximum atomic E-state index is 14.1. The van der Waals surface area contributed by atoms with Crippen molar-refractivity contribution in [3.8, 4) is 11.1 Å². The second kappa shape index (κ2) is 9.64. The summed E-state index contributed by atoms with van der Waals surface area (Å²) in [5.74, 6) is -1.02. The molecule has 0 aliphatic carbocycles. The first kappa shape index (κ1) is 23.4. The average Bonchev–Trinajstić information content (AvgIpc) is 3.20. The van der Waals surface area contributed by atoms with Gasteiger partial charge >= 0.3 is 0 Å². The molecule has 4 rings (SSSR count). The third kappa shape index (κ3) is 4.65. The second-order valence-corrected chi connectivity index (χ2v) is 8.78. The van der Waals surface area contributed by atoms with Gasteiger partial charge in [-0.2, -0.15) is 0 Å². The van der Waals surface area contributed by atoms with Gasteiger partial charge in [-0.15, -0.1) is 0 Å². The number of pyridine rings is 2. The van der Waals surface area contributed by atoms with Crippen molar-refractivity contribution in [1.29, 1.82) is 0 Å². The Balaban J connectivity index is 1.75. The number of aliphatic hydroxyl groups excluding tert-OH is 1. The number of aromatic nitrogens is 3. The highest BCUT2D eigenvalue weighted by molar-refractivity contribution is 6.14. The molecule has 0 saturated heterocycles. The van der Waals surface area contributed by atoms with Crippen molar-refractivity contribution in [2.24, 2.45) is 5.92 Å². The van der Waals surface area contributed by atoms with Crippen molar-refractivity contribution in [3.63, 3.8) is 0 Å². The number of alkyl halides is 1. The molecule has 1 amide bonds. The number of fused-ring (bicyclic) bond motifs is 3. The van der Waals surface area contributed by atoms with Gasteiger partial charge in [-0.25, -0.2) is 4.39 Å². The van der Waals surface area contributed by atoms with Crippen molar-refractivity contribution in [3.05, 3.63) is 58.6 Å². The Morgan fingerprint density at radius 1 is 1.18 bits per heavy atom. The molecule has 0 radical (unpaired) electrons. The van der Waals surface area contributed by atoms with E-state index < -0.39 is 18.0 Å². The molecule has 178 valence electrons. The van der Waals surface area contributed by atoms with E-state index in [4.69, 9.17) is 5.11 Å². The van der Waals surface area contributed by atoms with Crippen LogP contribution in [0.5, 0.6) is 0 Å². The number of nitrogens with one attached hydrogen (secondary N) is 4. The van der Waals surface area contributed by atoms with Crippen LogP contribution in [0.2, 0.25) is 0 Å². The van der Waals surface area contributed by atoms with E-state index in [2.05, 4.69) is 25.6 Å². The second-order valence-electron chi connectivity index (χ2n) is 8.78. The van der Waals surface area contributed by atoms with E-state index in [1.807, 2.05) is 32.0 Å². The first-order valence-corrected chi connectivity index (χ1v) is 11.2. The number of aliphatic hydroxyl groups is 1. The highest BCUT2D eigenvalue weighted by Crippen LogP contribution is 2.33. The Labute approximate surface area is 195 Å². The molecule has 0 saturated carbocycles. The number of anilines is 1. The fourth-order valence-electron chi connectivity index (χ4n) is 3.81. The van der Waals surface area contributed by atoms with Crippen molar-refractivity contribution < 1.29 is 14.3 Å². The first-order valence-electron chi connectivity index (χ1n) is 11.2. The summed E-state index contributed by atoms with van der Waals surface area (Å²) in [6.45, 7) is 5.02. The predicted molar refractivity (Wildman–Crippen MR) is 132 cm³/mol. The molecule has 3 aromatic heterocycles. The van der Waals surface area contributed by atoms with Crippen molar-refractivity contribution in [2.45, 2.75) is 33.0 Å². The predicted octanol–water partition coefficient (Wildman–Crippen LogP) is 3.59. The Hall–Kier alpha value is -3.72. The molecule has 2 atom stereocenters. The molecule has 1 aromatic carbocycles. The Kier molecular flexibility index (Phi) is 6.65. The normalized spacial score (nSPS) is 13.4. The largest absolute Gasteiger partial charge is 0.396 e. The van der Waals surface area contributed by atoms with E-state index in [1.54, 1.807) is 19.2 Å². The quantitative estimate of drug-likeness (QED) is 0.272. The zero-order valence-corrected chi connectivity index (χ0v) is 19.3. The summed E-state index contributed by atoms with van der Waals surface area (Å²) in [5.41, 5.74) is 4.72. The van der Waals surface area contributed by atoms with Crippen LogP contribution in [0, 0.1) is 5.92 Å². The molecule has 0 spiro atoms. The Bertz CT molecular complexity index is 1370. The lowest BCUT2D eigenvalue weighted by Crippen LogP contribution is -2.34. The first-order chi connectivity index (χ1) is 16.3. The van der Waals surface area contributed by atoms with Gasteiger partial charge in [0.2, 0.25) is 5.56 Å². The van der Waals surface area contributed by atoms with Gasteiger partial charge < -0.3 is 25.7 Å². The molecular formula is C25H28FN5O3. The number of H-pyrrole nitrogens is 2. The summed E-state index contributed by atoms with van der Waals surface area (Å²) in [4.78, 5) is 34.9. The number of amides is 1. The van der Waals surface area contributed by atoms with Crippen LogP contribution in [0.3, 0.4) is 0 Å². The lowest BCUT2D eigenvalue weighted by atomic mass is 10.1. The zero-order valence-electron chi connectivity index (χ0n) is 19.3. The standard InChI is InChI=1S/C25H28FN5O3/c1-13(2)30-23-18(25(34)29-11-19(26)14(3)12-32)10-28-22-17-6-4-15(8-20(17)31-24(22)23)16-5-7-21(33)27-9-16/h4-10,13-14,19,31-32H,11-12H2,1-3H3,(H,27,33)(H,28,30)(H,29,34)/t14?,19-/m0/s1. The lowest BCUT2D eigenvalue weighted by Gasteiger charge is -2.17. The van der Waals surface area contributed by atoms with E-state index in [9.17, 15) is 14.0 Å². The van der Waals surface area contributed by atoms with Gasteiger partial charge in [0, 0.05) is 54.5 Å². The topological polar surface area (TPSA) is 123 Å². The number of hydrogen-bond acceptors (Lipinski definition) is 5. The van der Waals surface area contributed by atoms with Crippen LogP contribution in [0.4, 0.5) is 10.1 Å². The Morgan fingerprint density at radius 3 is 2.62 bits per heavy atom. The van der Waals surface area contributed by atoms with Crippen LogP contribution >= 0.6 is 0 Å². The van der Waals surface area contributed by atoms with Crippen molar-refractivity contribution in [1.82, 2.24) is 20.3 Å². The van der Waals surface area contributed by atoms with E-state index in [-0.39, 0.29) is 24.8 Å². The number of benzene rings is 1. The van der Waals surface area contributed by atoms with Gasteiger partial charge in [0.05, 0.1) is 22.3 Å². The van der Waals surface area contributed by atoms with Gasteiger partial charge in [-0.1, -0.05) is 19.1 Å². The number of halogens is 1. The van der Waals surface area contributed by atoms with E-state index in [0.717, 1.165) is 22.0 Å². The number of carbonyl (C=O) groups is 1. The van der Waals surface area contributed by atoms with Gasteiger partial charge in [0.25, 0.3) is 5.91 Å². The molecule has 3 heterocycles. The average molecular weight is 466 g/mol. The molecular weight excluding hydrogens is 437 g/mol. The van der Waals surface area contributed by atoms with Crippen LogP contribution in [0.1, 0.15) is 31.1 Å². The molecule has 0 bridgehead atoms. The SMILES string of the molecule is CC(C)Nc1c(C(=O)NC[C@H](F)C(C)CO)cnc2c1[nH]c1cc(-c3ccc(=O)[nH]c3)ccc12. The fourth-order valence-corrected chi connectivity index (χ4v) is 3.81. The van der Waals surface area contributed by atoms with Crippen LogP contribution in [-0.2, 0) is 0 Å². The summed E-state index contributed by atoms with van der Waals surface area (Å²) in [7, 11) is 0. The number of nitrogens with zero attached hydrogens (tertiary/aromatic N) is 1. The monoisotopic (exact) mass is 465 g/mol. The molecule has 5 N–H and O–H groups in total. The van der Waals surface area contributed by atoms with Gasteiger partial charge in [-0.05, 0) is 37.1 Å². The maximum absolute atomic E-state index is 14.1. The molecule has 1 unspecified atom stereocenters. The summed E-state index contributed by atoms with van der Waals surface area (Å²) in [6, 6.07) is 9.13. The highest BCUT2D eigenvalue weighted by atomic mass is 19.1. The molecule has 0 aliphatic heterocycles. The van der Waals surface area contributed by atoms with Crippen molar-refractivity contribution >= 4 is 33.5 Å². The summed E-state index contributed by atoms with van der Waals surface area (Å²) in [5, 5.41) is 16.0. The van der Waals surface area contributed by atoms with Crippen LogP contribution in [0.15, 0.2) is 47.5 Å². The van der Waals surface area contributed by atoms with Crippen LogP contribution in [-0.4, -0.2) is 51.3 Å². The lowest BCUT2D eigenvalue weighted by molar-refractivity contribution is 0.0917. The third-order valence-electron chi connectivity index (χ3n) is 5.77. The van der Waals surface area contributed by atoms with E-state index in [1.165, 1.54) is 12.3 Å². The van der Waals surface area contributed by atoms with Crippen LogP contribution < -0.4 is 16.2 Å². The minimum absolute atomic E-state index is 0.0311. The zero-order chi connectivity index (χ0) is 24.4. The minimum atomic E-state index is -1.36. The molecule has 4 aromatic rings. The summed E-state index contributed by atoms with van der Waals surface area (Å²) in [6.07, 6.45) is 1.80. The maximum Gasteiger partial charge on any atom is 0.255 e. The van der Waals surface area contributed by atoms with Gasteiger partial charge in [0.15, 0.2) is 0 Å². The molecule has 34 heavy (non-hydrogen) atoms. The number of aromatic amines is 2. The van der Waals surface area contributed by atoms with E-state index >= 15 is 0 Å². The minimum Gasteiger partial charge on any atom is -0.396 e. The smallest absolute Gasteiger partial charge is 0.255 e. The summed E-state index contributed by atoms with van der Waals surface area (Å²) >= 11 is 0. The van der Waals surface area contributed by atoms with E-state index in [0.29, 0.717) is 22.3 Å². The molecule has 9 heteroatoms. The van der Waals surface area contributed by atoms with Gasteiger partial charge in [-0.3, -0.25) is 14.6 Å². The Morgan fingerprint density at radius 2 is 1.94 bits per heavy atom. The van der Waals surface area contributed by atoms with Crippen LogP contribution in [0.25, 0.3) is 33.1 Å². The molecule has 8 nitrogen and oxygen atoms in total. The third-order valence-corrected chi connectivity index (χ3v) is 5.77. The number of rotatable bonds is 8. The van der Waals surface area contributed by atoms with Gasteiger partial charge in [0.1, 0.15) is 6.17 Å². The number of hydrogen-bond donors (Lipinski definition) is 5. The fraction of sp³-hybridized carbons (Fsp3) is 0.320. The summed E-state index contributed by atoms with van der Waals surface area (Å²) < 4.78 is 14.1.